The Morgan fingerprint density at radius 3 is 2.24 bits per heavy atom. The highest BCUT2D eigenvalue weighted by atomic mass is 15.1. The summed E-state index contributed by atoms with van der Waals surface area (Å²) in [4.78, 5) is 2.16. The molecule has 0 heterocycles. The van der Waals surface area contributed by atoms with Gasteiger partial charge in [0.2, 0.25) is 0 Å². The fourth-order valence-corrected chi connectivity index (χ4v) is 1.74. The third-order valence-corrected chi connectivity index (χ3v) is 2.70. The molecule has 0 saturated heterocycles. The number of hydrogen-bond acceptors (Lipinski definition) is 2. The Bertz CT molecular complexity index is 509. The molecule has 0 atom stereocenters. The summed E-state index contributed by atoms with van der Waals surface area (Å²) in [6, 6.07) is 20.1. The lowest BCUT2D eigenvalue weighted by Gasteiger charge is -2.19. The average Bonchev–Trinajstić information content (AvgIpc) is 2.40. The molecule has 17 heavy (non-hydrogen) atoms. The standard InChI is InChI=1S/C15H14N2/c1-17(12-14-5-3-2-4-6-14)15-9-7-13(11-16)8-10-15/h2-10H,12H2,1H3. The second kappa shape index (κ2) is 5.18. The summed E-state index contributed by atoms with van der Waals surface area (Å²) in [5.74, 6) is 0. The third-order valence-electron chi connectivity index (χ3n) is 2.70. The molecular formula is C15H14N2. The van der Waals surface area contributed by atoms with E-state index in [1.54, 1.807) is 0 Å². The summed E-state index contributed by atoms with van der Waals surface area (Å²) < 4.78 is 0. The van der Waals surface area contributed by atoms with Crippen molar-refractivity contribution in [3.63, 3.8) is 0 Å². The van der Waals surface area contributed by atoms with E-state index in [-0.39, 0.29) is 0 Å². The molecule has 84 valence electrons. The smallest absolute Gasteiger partial charge is 0.0991 e. The second-order valence-corrected chi connectivity index (χ2v) is 4.00. The summed E-state index contributed by atoms with van der Waals surface area (Å²) in [6.45, 7) is 0.868. The van der Waals surface area contributed by atoms with Crippen LogP contribution in [0.25, 0.3) is 0 Å². The van der Waals surface area contributed by atoms with Gasteiger partial charge in [-0.15, -0.1) is 0 Å². The lowest BCUT2D eigenvalue weighted by atomic mass is 10.2. The monoisotopic (exact) mass is 222 g/mol. The maximum atomic E-state index is 8.74. The zero-order chi connectivity index (χ0) is 12.1. The quantitative estimate of drug-likeness (QED) is 0.797. The van der Waals surface area contributed by atoms with E-state index < -0.39 is 0 Å². The van der Waals surface area contributed by atoms with Gasteiger partial charge in [-0.2, -0.15) is 5.26 Å². The first-order chi connectivity index (χ1) is 8.29. The molecule has 0 saturated carbocycles. The van der Waals surface area contributed by atoms with Gasteiger partial charge in [-0.3, -0.25) is 0 Å². The van der Waals surface area contributed by atoms with Crippen LogP contribution in [0.15, 0.2) is 54.6 Å². The predicted molar refractivity (Wildman–Crippen MR) is 69.7 cm³/mol. The largest absolute Gasteiger partial charge is 0.370 e. The number of hydrogen-bond donors (Lipinski definition) is 0. The van der Waals surface area contributed by atoms with Crippen LogP contribution < -0.4 is 4.90 Å². The second-order valence-electron chi connectivity index (χ2n) is 4.00. The number of nitriles is 1. The van der Waals surface area contributed by atoms with Gasteiger partial charge in [0.1, 0.15) is 0 Å². The van der Waals surface area contributed by atoms with E-state index in [0.29, 0.717) is 5.56 Å². The van der Waals surface area contributed by atoms with Crippen LogP contribution in [0.3, 0.4) is 0 Å². The summed E-state index contributed by atoms with van der Waals surface area (Å²) in [6.07, 6.45) is 0. The first-order valence-corrected chi connectivity index (χ1v) is 5.55. The molecule has 0 aromatic heterocycles. The minimum absolute atomic E-state index is 0.696. The van der Waals surface area contributed by atoms with Crippen molar-refractivity contribution in [2.45, 2.75) is 6.54 Å². The Morgan fingerprint density at radius 2 is 1.65 bits per heavy atom. The molecule has 2 aromatic carbocycles. The molecule has 2 aromatic rings. The molecule has 2 heteroatoms. The van der Waals surface area contributed by atoms with Gasteiger partial charge < -0.3 is 4.90 Å². The van der Waals surface area contributed by atoms with E-state index >= 15 is 0 Å². The van der Waals surface area contributed by atoms with Crippen LogP contribution in [0.4, 0.5) is 5.69 Å². The molecule has 0 unspecified atom stereocenters. The molecule has 0 aliphatic carbocycles. The fraction of sp³-hybridized carbons (Fsp3) is 0.133. The molecule has 0 spiro atoms. The van der Waals surface area contributed by atoms with E-state index in [1.165, 1.54) is 5.56 Å². The van der Waals surface area contributed by atoms with E-state index in [4.69, 9.17) is 5.26 Å². The predicted octanol–water partition coefficient (Wildman–Crippen LogP) is 3.19. The van der Waals surface area contributed by atoms with Crippen LogP contribution >= 0.6 is 0 Å². The summed E-state index contributed by atoms with van der Waals surface area (Å²) in [5.41, 5.74) is 3.09. The van der Waals surface area contributed by atoms with Gasteiger partial charge in [0, 0.05) is 19.3 Å². The lowest BCUT2D eigenvalue weighted by molar-refractivity contribution is 0.923. The first-order valence-electron chi connectivity index (χ1n) is 5.55. The Labute approximate surface area is 102 Å². The minimum Gasteiger partial charge on any atom is -0.370 e. The SMILES string of the molecule is CN(Cc1ccccc1)c1ccc(C#N)cc1. The van der Waals surface area contributed by atoms with E-state index in [2.05, 4.69) is 23.1 Å². The van der Waals surface area contributed by atoms with Gasteiger partial charge in [0.05, 0.1) is 11.6 Å². The molecular weight excluding hydrogens is 208 g/mol. The Morgan fingerprint density at radius 1 is 1.00 bits per heavy atom. The number of anilines is 1. The van der Waals surface area contributed by atoms with Crippen LogP contribution in [-0.2, 0) is 6.54 Å². The van der Waals surface area contributed by atoms with Crippen molar-refractivity contribution in [3.05, 3.63) is 65.7 Å². The number of nitrogens with zero attached hydrogens (tertiary/aromatic N) is 2. The summed E-state index contributed by atoms with van der Waals surface area (Å²) in [5, 5.41) is 8.74. The Hall–Kier alpha value is -2.27. The third kappa shape index (κ3) is 2.85. The molecule has 2 nitrogen and oxygen atoms in total. The average molecular weight is 222 g/mol. The molecule has 0 N–H and O–H groups in total. The Balaban J connectivity index is 2.10. The zero-order valence-electron chi connectivity index (χ0n) is 9.80. The Kier molecular flexibility index (Phi) is 3.42. The molecule has 0 radical (unpaired) electrons. The maximum Gasteiger partial charge on any atom is 0.0991 e. The molecule has 2 rings (SSSR count). The first kappa shape index (κ1) is 11.2. The van der Waals surface area contributed by atoms with Gasteiger partial charge in [0.15, 0.2) is 0 Å². The molecule has 0 fully saturated rings. The van der Waals surface area contributed by atoms with Crippen LogP contribution in [-0.4, -0.2) is 7.05 Å². The van der Waals surface area contributed by atoms with Crippen LogP contribution in [0, 0.1) is 11.3 Å². The molecule has 0 amide bonds. The van der Waals surface area contributed by atoms with Crippen LogP contribution in [0.2, 0.25) is 0 Å². The van der Waals surface area contributed by atoms with Gasteiger partial charge in [-0.05, 0) is 29.8 Å². The highest BCUT2D eigenvalue weighted by Crippen LogP contribution is 2.15. The van der Waals surface area contributed by atoms with Crippen molar-refractivity contribution in [1.82, 2.24) is 0 Å². The minimum atomic E-state index is 0.696. The van der Waals surface area contributed by atoms with Crippen molar-refractivity contribution in [2.24, 2.45) is 0 Å². The van der Waals surface area contributed by atoms with Crippen molar-refractivity contribution >= 4 is 5.69 Å². The summed E-state index contributed by atoms with van der Waals surface area (Å²) >= 11 is 0. The topological polar surface area (TPSA) is 27.0 Å². The molecule has 0 aliphatic heterocycles. The molecule has 0 bridgehead atoms. The van der Waals surface area contributed by atoms with Crippen molar-refractivity contribution in [3.8, 4) is 6.07 Å². The number of rotatable bonds is 3. The highest BCUT2D eigenvalue weighted by Gasteiger charge is 2.01. The highest BCUT2D eigenvalue weighted by molar-refractivity contribution is 5.49. The van der Waals surface area contributed by atoms with Crippen LogP contribution in [0.1, 0.15) is 11.1 Å². The fourth-order valence-electron chi connectivity index (χ4n) is 1.74. The molecule has 0 aliphatic rings. The van der Waals surface area contributed by atoms with Crippen LogP contribution in [0.5, 0.6) is 0 Å². The van der Waals surface area contributed by atoms with Crippen molar-refractivity contribution in [2.75, 3.05) is 11.9 Å². The van der Waals surface area contributed by atoms with Crippen molar-refractivity contribution < 1.29 is 0 Å². The lowest BCUT2D eigenvalue weighted by Crippen LogP contribution is -2.16. The van der Waals surface area contributed by atoms with Gasteiger partial charge in [-0.1, -0.05) is 30.3 Å². The van der Waals surface area contributed by atoms with Gasteiger partial charge >= 0.3 is 0 Å². The van der Waals surface area contributed by atoms with E-state index in [9.17, 15) is 0 Å². The zero-order valence-corrected chi connectivity index (χ0v) is 9.80. The van der Waals surface area contributed by atoms with E-state index in [1.807, 2.05) is 49.5 Å². The number of benzene rings is 2. The van der Waals surface area contributed by atoms with Gasteiger partial charge in [0.25, 0.3) is 0 Å². The summed E-state index contributed by atoms with van der Waals surface area (Å²) in [7, 11) is 2.05. The maximum absolute atomic E-state index is 8.74. The van der Waals surface area contributed by atoms with Gasteiger partial charge in [-0.25, -0.2) is 0 Å². The van der Waals surface area contributed by atoms with E-state index in [0.717, 1.165) is 12.2 Å². The van der Waals surface area contributed by atoms with Crippen molar-refractivity contribution in [1.29, 1.82) is 5.26 Å². The normalized spacial score (nSPS) is 9.65.